The third kappa shape index (κ3) is 6.33. The smallest absolute Gasteiger partial charge is 0.193 e. The summed E-state index contributed by atoms with van der Waals surface area (Å²) in [5.41, 5.74) is 1.07. The van der Waals surface area contributed by atoms with E-state index in [9.17, 15) is 4.39 Å². The van der Waals surface area contributed by atoms with Gasteiger partial charge in [-0.3, -0.25) is 9.67 Å². The Morgan fingerprint density at radius 3 is 2.86 bits per heavy atom. The molecular weight excluding hydrogens is 476 g/mol. The van der Waals surface area contributed by atoms with Crippen molar-refractivity contribution in [3.8, 4) is 5.75 Å². The van der Waals surface area contributed by atoms with Crippen molar-refractivity contribution in [3.63, 3.8) is 0 Å². The van der Waals surface area contributed by atoms with Crippen molar-refractivity contribution in [1.82, 2.24) is 20.0 Å². The maximum absolute atomic E-state index is 12.9. The topological polar surface area (TPSA) is 63.9 Å². The van der Waals surface area contributed by atoms with E-state index in [1.165, 1.54) is 12.1 Å². The minimum Gasteiger partial charge on any atom is -0.494 e. The van der Waals surface area contributed by atoms with Crippen LogP contribution in [0, 0.1) is 5.82 Å². The molecule has 0 spiro atoms. The van der Waals surface area contributed by atoms with Crippen LogP contribution in [0.15, 0.2) is 41.7 Å². The normalized spacial score (nSPS) is 17.2. The molecular formula is C19H27FIN5O2. The predicted molar refractivity (Wildman–Crippen MR) is 117 cm³/mol. The number of rotatable bonds is 6. The molecule has 0 saturated carbocycles. The summed E-state index contributed by atoms with van der Waals surface area (Å²) in [5.74, 6) is 1.27. The Morgan fingerprint density at radius 1 is 1.39 bits per heavy atom. The number of morpholine rings is 1. The van der Waals surface area contributed by atoms with E-state index in [0.29, 0.717) is 19.0 Å². The van der Waals surface area contributed by atoms with Gasteiger partial charge in [-0.25, -0.2) is 4.39 Å². The van der Waals surface area contributed by atoms with Gasteiger partial charge >= 0.3 is 0 Å². The first-order valence-electron chi connectivity index (χ1n) is 9.10. The summed E-state index contributed by atoms with van der Waals surface area (Å²) in [4.78, 5) is 6.58. The minimum atomic E-state index is -0.261. The summed E-state index contributed by atoms with van der Waals surface area (Å²) < 4.78 is 26.1. The van der Waals surface area contributed by atoms with E-state index in [1.54, 1.807) is 23.9 Å². The average molecular weight is 503 g/mol. The molecule has 1 aliphatic heterocycles. The molecule has 1 aliphatic rings. The van der Waals surface area contributed by atoms with Gasteiger partial charge < -0.3 is 19.7 Å². The van der Waals surface area contributed by atoms with Gasteiger partial charge in [0.25, 0.3) is 0 Å². The van der Waals surface area contributed by atoms with Crippen LogP contribution in [-0.2, 0) is 11.8 Å². The Hall–Kier alpha value is -1.88. The summed E-state index contributed by atoms with van der Waals surface area (Å²) in [7, 11) is 3.69. The van der Waals surface area contributed by atoms with Gasteiger partial charge in [-0.15, -0.1) is 24.0 Å². The van der Waals surface area contributed by atoms with Gasteiger partial charge in [0.15, 0.2) is 5.96 Å². The number of ether oxygens (including phenoxy) is 2. The molecule has 0 bridgehead atoms. The van der Waals surface area contributed by atoms with Gasteiger partial charge in [0.1, 0.15) is 17.7 Å². The van der Waals surface area contributed by atoms with Crippen LogP contribution in [-0.4, -0.2) is 60.5 Å². The zero-order valence-electron chi connectivity index (χ0n) is 16.2. The van der Waals surface area contributed by atoms with E-state index >= 15 is 0 Å². The van der Waals surface area contributed by atoms with E-state index < -0.39 is 0 Å². The third-order valence-electron chi connectivity index (χ3n) is 4.36. The van der Waals surface area contributed by atoms with Crippen molar-refractivity contribution in [1.29, 1.82) is 0 Å². The first-order valence-corrected chi connectivity index (χ1v) is 9.10. The van der Waals surface area contributed by atoms with Gasteiger partial charge in [0, 0.05) is 38.9 Å². The van der Waals surface area contributed by atoms with Gasteiger partial charge in [-0.05, 0) is 30.7 Å². The Kier molecular flexibility index (Phi) is 8.97. The van der Waals surface area contributed by atoms with Gasteiger partial charge in [0.2, 0.25) is 0 Å². The summed E-state index contributed by atoms with van der Waals surface area (Å²) in [6.45, 7) is 3.47. The third-order valence-corrected chi connectivity index (χ3v) is 4.36. The fourth-order valence-electron chi connectivity index (χ4n) is 2.98. The standard InChI is InChI=1S/C19H26FN5O2.HI/c1-21-19(22-8-3-10-26-17-6-4-16(20)5-7-17)25-9-11-27-18(14-25)15-12-23-24(2)13-15;/h4-7,12-13,18H,3,8-11,14H2,1-2H3,(H,21,22);1H. The van der Waals surface area contributed by atoms with E-state index in [4.69, 9.17) is 9.47 Å². The minimum absolute atomic E-state index is 0. The molecule has 28 heavy (non-hydrogen) atoms. The zero-order valence-corrected chi connectivity index (χ0v) is 18.5. The van der Waals surface area contributed by atoms with Crippen LogP contribution < -0.4 is 10.1 Å². The molecule has 2 heterocycles. The first kappa shape index (κ1) is 22.4. The van der Waals surface area contributed by atoms with Crippen molar-refractivity contribution in [2.24, 2.45) is 12.0 Å². The quantitative estimate of drug-likeness (QED) is 0.284. The first-order chi connectivity index (χ1) is 13.2. The fraction of sp³-hybridized carbons (Fsp3) is 0.474. The molecule has 9 heteroatoms. The van der Waals surface area contributed by atoms with Crippen LogP contribution in [0.5, 0.6) is 5.75 Å². The largest absolute Gasteiger partial charge is 0.494 e. The molecule has 2 aromatic rings. The summed E-state index contributed by atoms with van der Waals surface area (Å²) >= 11 is 0. The van der Waals surface area contributed by atoms with Crippen molar-refractivity contribution >= 4 is 29.9 Å². The predicted octanol–water partition coefficient (Wildman–Crippen LogP) is 2.60. The van der Waals surface area contributed by atoms with Gasteiger partial charge in [-0.1, -0.05) is 0 Å². The molecule has 1 aromatic heterocycles. The lowest BCUT2D eigenvalue weighted by atomic mass is 10.1. The number of nitrogens with zero attached hydrogens (tertiary/aromatic N) is 4. The lowest BCUT2D eigenvalue weighted by Gasteiger charge is -2.34. The highest BCUT2D eigenvalue weighted by Gasteiger charge is 2.24. The molecule has 0 amide bonds. The monoisotopic (exact) mass is 503 g/mol. The number of hydrogen-bond acceptors (Lipinski definition) is 4. The SMILES string of the molecule is CN=C(NCCCOc1ccc(F)cc1)N1CCOC(c2cnn(C)c2)C1.I. The average Bonchev–Trinajstić information content (AvgIpc) is 3.13. The lowest BCUT2D eigenvalue weighted by molar-refractivity contribution is -0.00803. The van der Waals surface area contributed by atoms with E-state index in [-0.39, 0.29) is 35.9 Å². The number of hydrogen-bond donors (Lipinski definition) is 1. The second-order valence-corrected chi connectivity index (χ2v) is 6.38. The van der Waals surface area contributed by atoms with Crippen LogP contribution in [0.2, 0.25) is 0 Å². The van der Waals surface area contributed by atoms with E-state index in [0.717, 1.165) is 37.6 Å². The zero-order chi connectivity index (χ0) is 19.1. The lowest BCUT2D eigenvalue weighted by Crippen LogP contribution is -2.48. The number of aliphatic imine (C=N–C) groups is 1. The van der Waals surface area contributed by atoms with Crippen LogP contribution in [0.3, 0.4) is 0 Å². The summed E-state index contributed by atoms with van der Waals surface area (Å²) in [6, 6.07) is 6.06. The molecule has 154 valence electrons. The number of benzene rings is 1. The molecule has 0 aliphatic carbocycles. The highest BCUT2D eigenvalue weighted by atomic mass is 127. The Labute approximate surface area is 181 Å². The van der Waals surface area contributed by atoms with Crippen LogP contribution >= 0.6 is 24.0 Å². The molecule has 1 aromatic carbocycles. The second-order valence-electron chi connectivity index (χ2n) is 6.38. The molecule has 1 unspecified atom stereocenters. The van der Waals surface area contributed by atoms with Crippen molar-refractivity contribution < 1.29 is 13.9 Å². The van der Waals surface area contributed by atoms with Crippen molar-refractivity contribution in [3.05, 3.63) is 48.0 Å². The van der Waals surface area contributed by atoms with Gasteiger partial charge in [0.05, 0.1) is 26.0 Å². The number of guanidine groups is 1. The molecule has 0 radical (unpaired) electrons. The highest BCUT2D eigenvalue weighted by Crippen LogP contribution is 2.21. The number of aryl methyl sites for hydroxylation is 1. The Balaban J connectivity index is 0.00000280. The van der Waals surface area contributed by atoms with E-state index in [1.807, 2.05) is 19.4 Å². The Morgan fingerprint density at radius 2 is 2.18 bits per heavy atom. The number of aromatic nitrogens is 2. The fourth-order valence-corrected chi connectivity index (χ4v) is 2.98. The van der Waals surface area contributed by atoms with Crippen molar-refractivity contribution in [2.45, 2.75) is 12.5 Å². The van der Waals surface area contributed by atoms with Crippen LogP contribution in [0.4, 0.5) is 4.39 Å². The highest BCUT2D eigenvalue weighted by molar-refractivity contribution is 14.0. The maximum Gasteiger partial charge on any atom is 0.193 e. The number of nitrogens with one attached hydrogen (secondary N) is 1. The maximum atomic E-state index is 12.9. The van der Waals surface area contributed by atoms with Crippen molar-refractivity contribution in [2.75, 3.05) is 39.9 Å². The van der Waals surface area contributed by atoms with Gasteiger partial charge in [-0.2, -0.15) is 5.10 Å². The summed E-state index contributed by atoms with van der Waals surface area (Å²) in [6.07, 6.45) is 4.63. The molecule has 3 rings (SSSR count). The molecule has 1 saturated heterocycles. The summed E-state index contributed by atoms with van der Waals surface area (Å²) in [5, 5.41) is 7.59. The van der Waals surface area contributed by atoms with E-state index in [2.05, 4.69) is 20.3 Å². The molecule has 7 nitrogen and oxygen atoms in total. The molecule has 1 N–H and O–H groups in total. The van der Waals surface area contributed by atoms with Crippen LogP contribution in [0.25, 0.3) is 0 Å². The Bertz CT molecular complexity index is 753. The number of halogens is 2. The molecule has 1 fully saturated rings. The van der Waals surface area contributed by atoms with Crippen LogP contribution in [0.1, 0.15) is 18.1 Å². The molecule has 1 atom stereocenters. The second kappa shape index (κ2) is 11.2.